The fraction of sp³-hybridized carbons (Fsp3) is 0.240. The van der Waals surface area contributed by atoms with Gasteiger partial charge in [0.15, 0.2) is 0 Å². The Kier molecular flexibility index (Phi) is 6.38. The molecule has 160 valence electrons. The Morgan fingerprint density at radius 1 is 0.935 bits per heavy atom. The second-order valence-corrected chi connectivity index (χ2v) is 7.57. The number of phenols is 1. The third kappa shape index (κ3) is 4.98. The quantitative estimate of drug-likeness (QED) is 0.637. The number of piperazine rings is 1. The van der Waals surface area contributed by atoms with Gasteiger partial charge in [-0.3, -0.25) is 9.69 Å². The van der Waals surface area contributed by atoms with Crippen LogP contribution in [0.2, 0.25) is 0 Å². The third-order valence-corrected chi connectivity index (χ3v) is 5.60. The SMILES string of the molecule is COc1cccc(NC(=O)C(c2ccccc2)N2CCN(c3ccc(O)cc3)CC2)c1. The van der Waals surface area contributed by atoms with E-state index in [0.29, 0.717) is 11.4 Å². The van der Waals surface area contributed by atoms with Crippen LogP contribution in [0.3, 0.4) is 0 Å². The van der Waals surface area contributed by atoms with Crippen molar-refractivity contribution < 1.29 is 14.6 Å². The summed E-state index contributed by atoms with van der Waals surface area (Å²) in [5, 5.41) is 12.6. The summed E-state index contributed by atoms with van der Waals surface area (Å²) in [5.74, 6) is 0.912. The predicted octanol–water partition coefficient (Wildman–Crippen LogP) is 3.90. The second-order valence-electron chi connectivity index (χ2n) is 7.57. The van der Waals surface area contributed by atoms with Crippen LogP contribution in [0.4, 0.5) is 11.4 Å². The van der Waals surface area contributed by atoms with Crippen LogP contribution in [0, 0.1) is 0 Å². The predicted molar refractivity (Wildman–Crippen MR) is 123 cm³/mol. The van der Waals surface area contributed by atoms with Crippen molar-refractivity contribution >= 4 is 17.3 Å². The molecule has 4 rings (SSSR count). The van der Waals surface area contributed by atoms with Crippen molar-refractivity contribution in [3.8, 4) is 11.5 Å². The first-order valence-corrected chi connectivity index (χ1v) is 10.4. The van der Waals surface area contributed by atoms with Crippen LogP contribution < -0.4 is 15.0 Å². The molecule has 6 heteroatoms. The van der Waals surface area contributed by atoms with Gasteiger partial charge in [-0.05, 0) is 42.0 Å². The number of ether oxygens (including phenoxy) is 1. The molecule has 2 N–H and O–H groups in total. The number of hydrogen-bond acceptors (Lipinski definition) is 5. The van der Waals surface area contributed by atoms with Crippen molar-refractivity contribution in [3.05, 3.63) is 84.4 Å². The van der Waals surface area contributed by atoms with Crippen LogP contribution >= 0.6 is 0 Å². The lowest BCUT2D eigenvalue weighted by molar-refractivity contribution is -0.121. The molecule has 1 aliphatic heterocycles. The van der Waals surface area contributed by atoms with Crippen LogP contribution in [-0.4, -0.2) is 49.2 Å². The largest absolute Gasteiger partial charge is 0.508 e. The first kappa shape index (κ1) is 20.8. The minimum Gasteiger partial charge on any atom is -0.508 e. The molecule has 0 bridgehead atoms. The number of methoxy groups -OCH3 is 1. The van der Waals surface area contributed by atoms with Gasteiger partial charge >= 0.3 is 0 Å². The summed E-state index contributed by atoms with van der Waals surface area (Å²) >= 11 is 0. The number of carbonyl (C=O) groups excluding carboxylic acids is 1. The van der Waals surface area contributed by atoms with Gasteiger partial charge in [0, 0.05) is 43.6 Å². The van der Waals surface area contributed by atoms with E-state index in [2.05, 4.69) is 15.1 Å². The molecule has 1 saturated heterocycles. The van der Waals surface area contributed by atoms with E-state index in [1.807, 2.05) is 66.7 Å². The molecule has 1 heterocycles. The van der Waals surface area contributed by atoms with E-state index in [0.717, 1.165) is 37.4 Å². The number of anilines is 2. The normalized spacial score (nSPS) is 15.3. The number of phenolic OH excluding ortho intramolecular Hbond substituents is 1. The fourth-order valence-corrected chi connectivity index (χ4v) is 3.98. The van der Waals surface area contributed by atoms with Crippen molar-refractivity contribution in [2.75, 3.05) is 43.5 Å². The highest BCUT2D eigenvalue weighted by molar-refractivity contribution is 5.95. The first-order chi connectivity index (χ1) is 15.1. The number of rotatable bonds is 6. The molecule has 6 nitrogen and oxygen atoms in total. The zero-order valence-corrected chi connectivity index (χ0v) is 17.6. The molecular formula is C25H27N3O3. The molecule has 0 spiro atoms. The van der Waals surface area contributed by atoms with E-state index < -0.39 is 0 Å². The Hall–Kier alpha value is -3.51. The fourth-order valence-electron chi connectivity index (χ4n) is 3.98. The number of amides is 1. The van der Waals surface area contributed by atoms with E-state index in [1.54, 1.807) is 19.2 Å². The van der Waals surface area contributed by atoms with Gasteiger partial charge in [-0.1, -0.05) is 36.4 Å². The summed E-state index contributed by atoms with van der Waals surface area (Å²) in [4.78, 5) is 17.9. The molecule has 1 atom stereocenters. The summed E-state index contributed by atoms with van der Waals surface area (Å²) in [7, 11) is 1.61. The monoisotopic (exact) mass is 417 g/mol. The molecule has 1 aliphatic rings. The van der Waals surface area contributed by atoms with Gasteiger partial charge in [-0.2, -0.15) is 0 Å². The standard InChI is InChI=1S/C25H27N3O3/c1-31-23-9-5-8-20(18-23)26-25(30)24(19-6-3-2-4-7-19)28-16-14-27(15-17-28)21-10-12-22(29)13-11-21/h2-13,18,24,29H,14-17H2,1H3,(H,26,30). The van der Waals surface area contributed by atoms with Gasteiger partial charge in [0.05, 0.1) is 7.11 Å². The van der Waals surface area contributed by atoms with Gasteiger partial charge in [-0.15, -0.1) is 0 Å². The Bertz CT molecular complexity index is 1000. The smallest absolute Gasteiger partial charge is 0.246 e. The topological polar surface area (TPSA) is 65.0 Å². The van der Waals surface area contributed by atoms with Crippen LogP contribution in [0.5, 0.6) is 11.5 Å². The molecule has 1 fully saturated rings. The Balaban J connectivity index is 1.50. The van der Waals surface area contributed by atoms with E-state index in [9.17, 15) is 9.90 Å². The number of hydrogen-bond donors (Lipinski definition) is 2. The molecule has 1 amide bonds. The number of carbonyl (C=O) groups is 1. The zero-order valence-electron chi connectivity index (χ0n) is 17.6. The Labute approximate surface area is 182 Å². The molecule has 3 aromatic rings. The summed E-state index contributed by atoms with van der Waals surface area (Å²) in [6.07, 6.45) is 0. The molecular weight excluding hydrogens is 390 g/mol. The lowest BCUT2D eigenvalue weighted by Gasteiger charge is -2.39. The minimum absolute atomic E-state index is 0.0578. The first-order valence-electron chi connectivity index (χ1n) is 10.4. The third-order valence-electron chi connectivity index (χ3n) is 5.60. The Morgan fingerprint density at radius 2 is 1.65 bits per heavy atom. The van der Waals surface area contributed by atoms with E-state index in [1.165, 1.54) is 0 Å². The molecule has 0 aliphatic carbocycles. The van der Waals surface area contributed by atoms with Gasteiger partial charge in [-0.25, -0.2) is 0 Å². The second kappa shape index (κ2) is 9.53. The lowest BCUT2D eigenvalue weighted by atomic mass is 10.0. The maximum Gasteiger partial charge on any atom is 0.246 e. The number of benzene rings is 3. The summed E-state index contributed by atoms with van der Waals surface area (Å²) in [6, 6.07) is 24.2. The molecule has 3 aromatic carbocycles. The van der Waals surface area contributed by atoms with E-state index in [-0.39, 0.29) is 17.7 Å². The molecule has 0 aromatic heterocycles. The summed E-state index contributed by atoms with van der Waals surface area (Å²) < 4.78 is 5.28. The van der Waals surface area contributed by atoms with Crippen molar-refractivity contribution in [1.82, 2.24) is 4.90 Å². The number of nitrogens with zero attached hydrogens (tertiary/aromatic N) is 2. The molecule has 1 unspecified atom stereocenters. The molecule has 0 radical (unpaired) electrons. The molecule has 31 heavy (non-hydrogen) atoms. The van der Waals surface area contributed by atoms with Gasteiger partial charge < -0.3 is 20.1 Å². The minimum atomic E-state index is -0.380. The highest BCUT2D eigenvalue weighted by Gasteiger charge is 2.30. The average Bonchev–Trinajstić information content (AvgIpc) is 2.81. The average molecular weight is 418 g/mol. The summed E-state index contributed by atoms with van der Waals surface area (Å²) in [6.45, 7) is 3.12. The maximum absolute atomic E-state index is 13.4. The lowest BCUT2D eigenvalue weighted by Crippen LogP contribution is -2.50. The van der Waals surface area contributed by atoms with Crippen molar-refractivity contribution in [1.29, 1.82) is 0 Å². The number of nitrogens with one attached hydrogen (secondary N) is 1. The van der Waals surface area contributed by atoms with Crippen molar-refractivity contribution in [3.63, 3.8) is 0 Å². The maximum atomic E-state index is 13.4. The van der Waals surface area contributed by atoms with Gasteiger partial charge in [0.25, 0.3) is 0 Å². The highest BCUT2D eigenvalue weighted by Crippen LogP contribution is 2.27. The van der Waals surface area contributed by atoms with Crippen LogP contribution in [0.1, 0.15) is 11.6 Å². The molecule has 0 saturated carbocycles. The van der Waals surface area contributed by atoms with Gasteiger partial charge in [0.1, 0.15) is 17.5 Å². The van der Waals surface area contributed by atoms with Crippen molar-refractivity contribution in [2.24, 2.45) is 0 Å². The zero-order chi connectivity index (χ0) is 21.6. The van der Waals surface area contributed by atoms with Crippen LogP contribution in [-0.2, 0) is 4.79 Å². The van der Waals surface area contributed by atoms with E-state index >= 15 is 0 Å². The highest BCUT2D eigenvalue weighted by atomic mass is 16.5. The van der Waals surface area contributed by atoms with Crippen LogP contribution in [0.15, 0.2) is 78.9 Å². The number of aromatic hydroxyl groups is 1. The summed E-state index contributed by atoms with van der Waals surface area (Å²) in [5.41, 5.74) is 2.77. The Morgan fingerprint density at radius 3 is 2.32 bits per heavy atom. The van der Waals surface area contributed by atoms with Crippen molar-refractivity contribution in [2.45, 2.75) is 6.04 Å². The van der Waals surface area contributed by atoms with Gasteiger partial charge in [0.2, 0.25) is 5.91 Å². The van der Waals surface area contributed by atoms with E-state index in [4.69, 9.17) is 4.74 Å². The van der Waals surface area contributed by atoms with Crippen LogP contribution in [0.25, 0.3) is 0 Å².